The summed E-state index contributed by atoms with van der Waals surface area (Å²) in [4.78, 5) is 13.5. The van der Waals surface area contributed by atoms with Gasteiger partial charge in [0.25, 0.3) is 0 Å². The Kier molecular flexibility index (Phi) is 4.60. The van der Waals surface area contributed by atoms with Crippen molar-refractivity contribution in [3.05, 3.63) is 69.2 Å². The number of hydrogen-bond donors (Lipinski definition) is 0. The summed E-state index contributed by atoms with van der Waals surface area (Å²) in [5.74, 6) is -0.372. The minimum absolute atomic E-state index is 0.372. The van der Waals surface area contributed by atoms with Crippen LogP contribution < -0.4 is 4.90 Å². The lowest BCUT2D eigenvalue weighted by molar-refractivity contribution is -0.134. The van der Waals surface area contributed by atoms with Gasteiger partial charge in [0.2, 0.25) is 0 Å². The molecule has 0 bridgehead atoms. The minimum atomic E-state index is -0.372. The summed E-state index contributed by atoms with van der Waals surface area (Å²) in [7, 11) is 1.36. The topological polar surface area (TPSA) is 29.5 Å². The van der Waals surface area contributed by atoms with E-state index in [0.29, 0.717) is 10.0 Å². The first-order chi connectivity index (χ1) is 11.1. The van der Waals surface area contributed by atoms with Crippen molar-refractivity contribution >= 4 is 40.9 Å². The van der Waals surface area contributed by atoms with Crippen molar-refractivity contribution < 1.29 is 9.53 Å². The quantitative estimate of drug-likeness (QED) is 0.595. The molecular weight excluding hydrogens is 333 g/mol. The fourth-order valence-electron chi connectivity index (χ4n) is 2.70. The maximum Gasteiger partial charge on any atom is 0.330 e. The van der Waals surface area contributed by atoms with E-state index < -0.39 is 0 Å². The third-order valence-corrected chi connectivity index (χ3v) is 4.56. The van der Waals surface area contributed by atoms with Crippen LogP contribution in [0, 0.1) is 0 Å². The molecule has 118 valence electrons. The zero-order valence-electron chi connectivity index (χ0n) is 12.6. The molecule has 1 aliphatic heterocycles. The summed E-state index contributed by atoms with van der Waals surface area (Å²) < 4.78 is 4.65. The van der Waals surface area contributed by atoms with Crippen LogP contribution in [0.3, 0.4) is 0 Å². The van der Waals surface area contributed by atoms with Gasteiger partial charge >= 0.3 is 5.97 Å². The molecule has 0 unspecified atom stereocenters. The molecule has 3 nitrogen and oxygen atoms in total. The molecule has 2 aromatic carbocycles. The Morgan fingerprint density at radius 2 is 1.74 bits per heavy atom. The Balaban J connectivity index is 1.89. The van der Waals surface area contributed by atoms with E-state index in [-0.39, 0.29) is 5.97 Å². The molecule has 0 N–H and O–H groups in total. The number of anilines is 1. The molecule has 0 aliphatic carbocycles. The summed E-state index contributed by atoms with van der Waals surface area (Å²) in [5, 5.41) is 1.15. The van der Waals surface area contributed by atoms with E-state index in [1.54, 1.807) is 6.08 Å². The van der Waals surface area contributed by atoms with Crippen molar-refractivity contribution in [2.24, 2.45) is 0 Å². The second-order valence-corrected chi connectivity index (χ2v) is 6.12. The normalized spacial score (nSPS) is 13.4. The second kappa shape index (κ2) is 6.65. The van der Waals surface area contributed by atoms with Crippen molar-refractivity contribution in [3.8, 4) is 0 Å². The molecule has 1 aliphatic rings. The Labute approximate surface area is 145 Å². The number of rotatable bonds is 3. The number of para-hydroxylation sites is 1. The second-order valence-electron chi connectivity index (χ2n) is 5.31. The van der Waals surface area contributed by atoms with Gasteiger partial charge in [-0.3, -0.25) is 0 Å². The van der Waals surface area contributed by atoms with Gasteiger partial charge in [0, 0.05) is 24.9 Å². The number of benzene rings is 2. The van der Waals surface area contributed by atoms with E-state index in [4.69, 9.17) is 23.2 Å². The van der Waals surface area contributed by atoms with Gasteiger partial charge in [-0.15, -0.1) is 0 Å². The van der Waals surface area contributed by atoms with Gasteiger partial charge in [-0.1, -0.05) is 41.4 Å². The van der Waals surface area contributed by atoms with Crippen molar-refractivity contribution in [1.29, 1.82) is 0 Å². The van der Waals surface area contributed by atoms with E-state index in [1.807, 2.05) is 36.4 Å². The predicted molar refractivity (Wildman–Crippen MR) is 93.8 cm³/mol. The highest BCUT2D eigenvalue weighted by Gasteiger charge is 2.22. The Morgan fingerprint density at radius 1 is 1.13 bits per heavy atom. The molecule has 0 amide bonds. The molecule has 5 heteroatoms. The molecule has 3 rings (SSSR count). The summed E-state index contributed by atoms with van der Waals surface area (Å²) in [6.45, 7) is 1.52. The number of methoxy groups -OCH3 is 1. The SMILES string of the molecule is COC(=O)/C=C/c1ccccc1N1Cc2cc(Cl)c(Cl)cc2C1. The molecule has 0 radical (unpaired) electrons. The lowest BCUT2D eigenvalue weighted by Crippen LogP contribution is -2.15. The first-order valence-electron chi connectivity index (χ1n) is 7.15. The van der Waals surface area contributed by atoms with Crippen LogP contribution in [0.5, 0.6) is 0 Å². The fourth-order valence-corrected chi connectivity index (χ4v) is 3.08. The van der Waals surface area contributed by atoms with Gasteiger partial charge in [-0.05, 0) is 41.0 Å². The van der Waals surface area contributed by atoms with Gasteiger partial charge in [0.15, 0.2) is 0 Å². The van der Waals surface area contributed by atoms with Crippen LogP contribution in [0.25, 0.3) is 6.08 Å². The maximum atomic E-state index is 11.3. The Hall–Kier alpha value is -1.97. The van der Waals surface area contributed by atoms with Gasteiger partial charge < -0.3 is 9.64 Å². The molecule has 0 atom stereocenters. The van der Waals surface area contributed by atoms with Gasteiger partial charge in [-0.2, -0.15) is 0 Å². The lowest BCUT2D eigenvalue weighted by atomic mass is 10.1. The lowest BCUT2D eigenvalue weighted by Gasteiger charge is -2.20. The van der Waals surface area contributed by atoms with Crippen LogP contribution in [-0.2, 0) is 22.6 Å². The number of carbonyl (C=O) groups is 1. The number of ether oxygens (including phenoxy) is 1. The zero-order chi connectivity index (χ0) is 16.4. The Bertz CT molecular complexity index is 756. The standard InChI is InChI=1S/C18H15Cl2NO2/c1-23-18(22)7-6-12-4-2-3-5-17(12)21-10-13-8-15(19)16(20)9-14(13)11-21/h2-9H,10-11H2,1H3/b7-6+. The average Bonchev–Trinajstić information content (AvgIpc) is 2.95. The molecular formula is C18H15Cl2NO2. The number of carbonyl (C=O) groups excluding carboxylic acids is 1. The van der Waals surface area contributed by atoms with Crippen LogP contribution in [0.1, 0.15) is 16.7 Å². The van der Waals surface area contributed by atoms with E-state index in [1.165, 1.54) is 24.3 Å². The highest BCUT2D eigenvalue weighted by molar-refractivity contribution is 6.42. The van der Waals surface area contributed by atoms with E-state index in [2.05, 4.69) is 9.64 Å². The third kappa shape index (κ3) is 3.36. The number of halogens is 2. The molecule has 0 spiro atoms. The van der Waals surface area contributed by atoms with Crippen LogP contribution >= 0.6 is 23.2 Å². The van der Waals surface area contributed by atoms with Crippen LogP contribution in [0.4, 0.5) is 5.69 Å². The highest BCUT2D eigenvalue weighted by atomic mass is 35.5. The van der Waals surface area contributed by atoms with Crippen molar-refractivity contribution in [2.75, 3.05) is 12.0 Å². The molecule has 0 aromatic heterocycles. The smallest absolute Gasteiger partial charge is 0.330 e. The van der Waals surface area contributed by atoms with E-state index >= 15 is 0 Å². The molecule has 23 heavy (non-hydrogen) atoms. The molecule has 0 fully saturated rings. The van der Waals surface area contributed by atoms with Crippen molar-refractivity contribution in [3.63, 3.8) is 0 Å². The third-order valence-electron chi connectivity index (χ3n) is 3.84. The molecule has 0 saturated carbocycles. The van der Waals surface area contributed by atoms with Crippen LogP contribution in [0.15, 0.2) is 42.5 Å². The van der Waals surface area contributed by atoms with E-state index in [0.717, 1.165) is 24.3 Å². The summed E-state index contributed by atoms with van der Waals surface area (Å²) in [6.07, 6.45) is 3.19. The monoisotopic (exact) mass is 347 g/mol. The molecule has 2 aromatic rings. The predicted octanol–water partition coefficient (Wildman–Crippen LogP) is 4.70. The van der Waals surface area contributed by atoms with Gasteiger partial charge in [0.05, 0.1) is 17.2 Å². The highest BCUT2D eigenvalue weighted by Crippen LogP contribution is 2.35. The summed E-state index contributed by atoms with van der Waals surface area (Å²) in [6, 6.07) is 11.8. The Morgan fingerprint density at radius 3 is 2.35 bits per heavy atom. The molecule has 0 saturated heterocycles. The first kappa shape index (κ1) is 15.9. The van der Waals surface area contributed by atoms with E-state index in [9.17, 15) is 4.79 Å². The molecule has 1 heterocycles. The van der Waals surface area contributed by atoms with Crippen LogP contribution in [0.2, 0.25) is 10.0 Å². The van der Waals surface area contributed by atoms with Gasteiger partial charge in [0.1, 0.15) is 0 Å². The largest absolute Gasteiger partial charge is 0.466 e. The number of nitrogens with zero attached hydrogens (tertiary/aromatic N) is 1. The van der Waals surface area contributed by atoms with Crippen molar-refractivity contribution in [2.45, 2.75) is 13.1 Å². The number of hydrogen-bond acceptors (Lipinski definition) is 3. The van der Waals surface area contributed by atoms with Crippen molar-refractivity contribution in [1.82, 2.24) is 0 Å². The average molecular weight is 348 g/mol. The summed E-state index contributed by atoms with van der Waals surface area (Å²) >= 11 is 12.2. The fraction of sp³-hybridized carbons (Fsp3) is 0.167. The maximum absolute atomic E-state index is 11.3. The zero-order valence-corrected chi connectivity index (χ0v) is 14.1. The minimum Gasteiger partial charge on any atom is -0.466 e. The van der Waals surface area contributed by atoms with Gasteiger partial charge in [-0.25, -0.2) is 4.79 Å². The number of esters is 1. The first-order valence-corrected chi connectivity index (χ1v) is 7.91. The number of fused-ring (bicyclic) bond motifs is 1. The van der Waals surface area contributed by atoms with Crippen LogP contribution in [-0.4, -0.2) is 13.1 Å². The summed E-state index contributed by atoms with van der Waals surface area (Å²) in [5.41, 5.74) is 4.36.